The molecule has 0 aromatic heterocycles. The maximum absolute atomic E-state index is 11.6. The van der Waals surface area contributed by atoms with Gasteiger partial charge < -0.3 is 70.0 Å². The molecule has 16 heteroatoms. The fourth-order valence-corrected chi connectivity index (χ4v) is 6.15. The molecular formula is C24H38O16. The Morgan fingerprint density at radius 3 is 1.95 bits per heavy atom. The number of ether oxygens (including phenoxy) is 4. The van der Waals surface area contributed by atoms with Crippen LogP contribution in [-0.4, -0.2) is 155 Å². The highest BCUT2D eigenvalue weighted by atomic mass is 16.7. The number of aliphatic hydroxyl groups is 9. The molecule has 4 aliphatic rings. The third-order valence-corrected chi connectivity index (χ3v) is 8.36. The number of aliphatic hydroxyl groups excluding tert-OH is 9. The van der Waals surface area contributed by atoms with Gasteiger partial charge in [-0.3, -0.25) is 9.59 Å². The Morgan fingerprint density at radius 2 is 1.32 bits per heavy atom. The molecule has 2 heterocycles. The van der Waals surface area contributed by atoms with Gasteiger partial charge in [0.05, 0.1) is 42.7 Å². The predicted molar refractivity (Wildman–Crippen MR) is 125 cm³/mol. The van der Waals surface area contributed by atoms with E-state index in [9.17, 15) is 55.5 Å². The van der Waals surface area contributed by atoms with Crippen LogP contribution in [0.15, 0.2) is 0 Å². The van der Waals surface area contributed by atoms with Crippen molar-refractivity contribution >= 4 is 11.9 Å². The summed E-state index contributed by atoms with van der Waals surface area (Å²) in [5, 5.41) is 102. The van der Waals surface area contributed by atoms with E-state index in [1.54, 1.807) is 0 Å². The van der Waals surface area contributed by atoms with E-state index in [0.717, 1.165) is 0 Å². The van der Waals surface area contributed by atoms with Crippen molar-refractivity contribution in [2.24, 2.45) is 11.8 Å². The number of carbonyl (C=O) groups is 2. The van der Waals surface area contributed by atoms with Crippen molar-refractivity contribution in [2.45, 2.75) is 118 Å². The molecule has 0 bridgehead atoms. The van der Waals surface area contributed by atoms with Crippen molar-refractivity contribution in [1.29, 1.82) is 0 Å². The van der Waals surface area contributed by atoms with E-state index in [1.165, 1.54) is 0 Å². The van der Waals surface area contributed by atoms with Gasteiger partial charge in [-0.15, -0.1) is 0 Å². The summed E-state index contributed by atoms with van der Waals surface area (Å²) in [5.74, 6) is -3.92. The Labute approximate surface area is 228 Å². The smallest absolute Gasteiger partial charge is 0.317 e. The van der Waals surface area contributed by atoms with E-state index in [1.807, 2.05) is 0 Å². The number of carboxylic acids is 1. The van der Waals surface area contributed by atoms with E-state index in [-0.39, 0.29) is 25.7 Å². The van der Waals surface area contributed by atoms with Crippen LogP contribution in [0.3, 0.4) is 0 Å². The van der Waals surface area contributed by atoms with Crippen LogP contribution in [0, 0.1) is 11.8 Å². The fourth-order valence-electron chi connectivity index (χ4n) is 6.15. The zero-order valence-corrected chi connectivity index (χ0v) is 21.4. The van der Waals surface area contributed by atoms with Gasteiger partial charge in [0.15, 0.2) is 6.29 Å². The summed E-state index contributed by atoms with van der Waals surface area (Å²) in [6, 6.07) is 0. The summed E-state index contributed by atoms with van der Waals surface area (Å²) < 4.78 is 22.6. The standard InChI is InChI=1S/C24H38O16/c25-9-1-7(2-10(26)18(9)32)23-13(3-8-12(38-23)4-11(27)19(33)17(8)31)39-24-22(36)21(35)20(34)14(40-24)6-37-16(30)5-15(28)29/h7-14,17-27,31-36H,1-6H2,(H,28,29)/t7?,8?,9?,10?,11?,12?,13?,14-,17?,18?,19?,20-,21+,22-,23?,24-/m1/s1. The molecule has 0 aromatic carbocycles. The average molecular weight is 583 g/mol. The van der Waals surface area contributed by atoms with Gasteiger partial charge in [0.1, 0.15) is 49.7 Å². The molecule has 2 aliphatic heterocycles. The number of aliphatic carboxylic acids is 1. The fraction of sp³-hybridized carbons (Fsp3) is 0.917. The lowest BCUT2D eigenvalue weighted by Crippen LogP contribution is -2.64. The molecule has 2 saturated carbocycles. The second-order valence-corrected chi connectivity index (χ2v) is 11.1. The molecule has 4 rings (SSSR count). The normalized spacial score (nSPS) is 49.6. The monoisotopic (exact) mass is 582 g/mol. The minimum Gasteiger partial charge on any atom is -0.481 e. The van der Waals surface area contributed by atoms with Crippen LogP contribution in [0.1, 0.15) is 32.1 Å². The van der Waals surface area contributed by atoms with Crippen molar-refractivity contribution < 1.29 is 79.6 Å². The number of carboxylic acid groups (broad SMARTS) is 1. The third-order valence-electron chi connectivity index (χ3n) is 8.36. The first-order valence-electron chi connectivity index (χ1n) is 13.2. The number of fused-ring (bicyclic) bond motifs is 1. The van der Waals surface area contributed by atoms with Crippen molar-refractivity contribution in [2.75, 3.05) is 6.61 Å². The highest BCUT2D eigenvalue weighted by Crippen LogP contribution is 2.43. The van der Waals surface area contributed by atoms with Crippen LogP contribution in [-0.2, 0) is 28.5 Å². The van der Waals surface area contributed by atoms with Crippen molar-refractivity contribution in [3.63, 3.8) is 0 Å². The van der Waals surface area contributed by atoms with Gasteiger partial charge in [-0.25, -0.2) is 0 Å². The van der Waals surface area contributed by atoms with Gasteiger partial charge in [0.25, 0.3) is 0 Å². The number of esters is 1. The molecule has 0 aromatic rings. The Balaban J connectivity index is 1.53. The minimum absolute atomic E-state index is 0.00494. The Bertz CT molecular complexity index is 877. The van der Waals surface area contributed by atoms with E-state index >= 15 is 0 Å². The predicted octanol–water partition coefficient (Wildman–Crippen LogP) is -5.05. The SMILES string of the molecule is O=C(O)CC(=O)OC[C@H]1O[C@@H](OC2CC3C(CC(O)C(O)C3O)OC2C2CC(O)C(O)C(O)C2)[C@H](O)[C@@H](O)[C@@H]1O. The number of hydrogen-bond acceptors (Lipinski definition) is 15. The first kappa shape index (κ1) is 31.4. The summed E-state index contributed by atoms with van der Waals surface area (Å²) in [7, 11) is 0. The second kappa shape index (κ2) is 12.8. The lowest BCUT2D eigenvalue weighted by atomic mass is 9.71. The number of carbonyl (C=O) groups excluding carboxylic acids is 1. The molecule has 40 heavy (non-hydrogen) atoms. The van der Waals surface area contributed by atoms with Crippen molar-refractivity contribution in [3.8, 4) is 0 Å². The maximum Gasteiger partial charge on any atom is 0.317 e. The topological polar surface area (TPSA) is 273 Å². The number of hydrogen-bond donors (Lipinski definition) is 10. The van der Waals surface area contributed by atoms with Crippen molar-refractivity contribution in [1.82, 2.24) is 0 Å². The lowest BCUT2D eigenvalue weighted by Gasteiger charge is -2.52. The Kier molecular flexibility index (Phi) is 10.0. The van der Waals surface area contributed by atoms with Crippen LogP contribution in [0.5, 0.6) is 0 Å². The molecule has 16 nitrogen and oxygen atoms in total. The van der Waals surface area contributed by atoms with Gasteiger partial charge in [0, 0.05) is 12.3 Å². The maximum atomic E-state index is 11.6. The first-order valence-corrected chi connectivity index (χ1v) is 13.2. The molecule has 0 radical (unpaired) electrons. The molecule has 0 spiro atoms. The Morgan fingerprint density at radius 1 is 0.700 bits per heavy atom. The largest absolute Gasteiger partial charge is 0.481 e. The second-order valence-electron chi connectivity index (χ2n) is 11.1. The molecule has 10 N–H and O–H groups in total. The summed E-state index contributed by atoms with van der Waals surface area (Å²) in [6.45, 7) is -0.673. The molecule has 2 saturated heterocycles. The van der Waals surface area contributed by atoms with E-state index < -0.39 is 122 Å². The van der Waals surface area contributed by atoms with Gasteiger partial charge in [-0.05, 0) is 25.2 Å². The quantitative estimate of drug-likeness (QED) is 0.0993. The summed E-state index contributed by atoms with van der Waals surface area (Å²) >= 11 is 0. The van der Waals surface area contributed by atoms with Crippen LogP contribution in [0.4, 0.5) is 0 Å². The van der Waals surface area contributed by atoms with Gasteiger partial charge in [0.2, 0.25) is 0 Å². The van der Waals surface area contributed by atoms with Crippen LogP contribution < -0.4 is 0 Å². The van der Waals surface area contributed by atoms with Gasteiger partial charge in [-0.1, -0.05) is 0 Å². The summed E-state index contributed by atoms with van der Waals surface area (Å²) in [5.41, 5.74) is 0. The van der Waals surface area contributed by atoms with E-state index in [4.69, 9.17) is 24.1 Å². The molecule has 14 atom stereocenters. The van der Waals surface area contributed by atoms with Crippen LogP contribution in [0.2, 0.25) is 0 Å². The molecule has 2 aliphatic carbocycles. The van der Waals surface area contributed by atoms with E-state index in [2.05, 4.69) is 0 Å². The molecular weight excluding hydrogens is 544 g/mol. The molecule has 4 fully saturated rings. The van der Waals surface area contributed by atoms with E-state index in [0.29, 0.717) is 0 Å². The zero-order chi connectivity index (χ0) is 29.5. The Hall–Kier alpha value is -1.54. The van der Waals surface area contributed by atoms with Crippen LogP contribution in [0.25, 0.3) is 0 Å². The minimum atomic E-state index is -1.83. The highest BCUT2D eigenvalue weighted by molar-refractivity contribution is 5.90. The van der Waals surface area contributed by atoms with Gasteiger partial charge in [-0.2, -0.15) is 0 Å². The van der Waals surface area contributed by atoms with Gasteiger partial charge >= 0.3 is 11.9 Å². The van der Waals surface area contributed by atoms with Crippen LogP contribution >= 0.6 is 0 Å². The summed E-state index contributed by atoms with van der Waals surface area (Å²) in [6.07, 6.45) is -20.3. The molecule has 230 valence electrons. The first-order chi connectivity index (χ1) is 18.8. The molecule has 0 amide bonds. The number of rotatable bonds is 7. The third kappa shape index (κ3) is 6.58. The van der Waals surface area contributed by atoms with Crippen molar-refractivity contribution in [3.05, 3.63) is 0 Å². The average Bonchev–Trinajstić information content (AvgIpc) is 2.89. The molecule has 9 unspecified atom stereocenters. The summed E-state index contributed by atoms with van der Waals surface area (Å²) in [4.78, 5) is 22.3. The zero-order valence-electron chi connectivity index (χ0n) is 21.4. The lowest BCUT2D eigenvalue weighted by molar-refractivity contribution is -0.336. The highest BCUT2D eigenvalue weighted by Gasteiger charge is 2.54.